The first kappa shape index (κ1) is 8.40. The minimum Gasteiger partial charge on any atom is -0.478 e. The van der Waals surface area contributed by atoms with Crippen LogP contribution in [0, 0.1) is 0 Å². The number of fused-ring (bicyclic) bond motifs is 1. The van der Waals surface area contributed by atoms with Crippen molar-refractivity contribution in [2.75, 3.05) is 0 Å². The van der Waals surface area contributed by atoms with Crippen LogP contribution in [-0.4, -0.2) is 26.1 Å². The Balaban J connectivity index is 2.33. The third kappa shape index (κ3) is 1.20. The molecule has 0 amide bonds. The summed E-state index contributed by atoms with van der Waals surface area (Å²) in [4.78, 5) is 11.0. The van der Waals surface area contributed by atoms with Crippen LogP contribution >= 0.6 is 0 Å². The number of carboxylic acid groups (broad SMARTS) is 1. The lowest BCUT2D eigenvalue weighted by Crippen LogP contribution is -2.03. The van der Waals surface area contributed by atoms with Crippen LogP contribution in [0.3, 0.4) is 0 Å². The average Bonchev–Trinajstić information content (AvgIpc) is 2.97. The van der Waals surface area contributed by atoms with Gasteiger partial charge in [-0.2, -0.15) is 0 Å². The van der Waals surface area contributed by atoms with Gasteiger partial charge in [0, 0.05) is 0 Å². The van der Waals surface area contributed by atoms with Crippen molar-refractivity contribution in [3.8, 4) is 0 Å². The van der Waals surface area contributed by atoms with Gasteiger partial charge >= 0.3 is 5.97 Å². The van der Waals surface area contributed by atoms with E-state index in [1.807, 2.05) is 0 Å². The number of rotatable bonds is 2. The fraction of sp³-hybridized carbons (Fsp3) is 0.300. The third-order valence-corrected chi connectivity index (χ3v) is 2.62. The topological polar surface area (TPSA) is 68.0 Å². The number of aromatic nitrogens is 3. The highest BCUT2D eigenvalue weighted by molar-refractivity contribution is 6.00. The van der Waals surface area contributed by atoms with Crippen LogP contribution in [0.25, 0.3) is 11.0 Å². The van der Waals surface area contributed by atoms with Gasteiger partial charge in [0.05, 0.1) is 11.6 Å². The van der Waals surface area contributed by atoms with Gasteiger partial charge in [-0.1, -0.05) is 11.3 Å². The fourth-order valence-electron chi connectivity index (χ4n) is 1.74. The summed E-state index contributed by atoms with van der Waals surface area (Å²) in [5.41, 5.74) is 1.58. The smallest absolute Gasteiger partial charge is 0.337 e. The summed E-state index contributed by atoms with van der Waals surface area (Å²) in [5, 5.41) is 17.0. The molecule has 0 atom stereocenters. The Labute approximate surface area is 85.3 Å². The maximum absolute atomic E-state index is 11.0. The lowest BCUT2D eigenvalue weighted by atomic mass is 10.2. The molecule has 0 spiro atoms. The van der Waals surface area contributed by atoms with E-state index >= 15 is 0 Å². The van der Waals surface area contributed by atoms with Gasteiger partial charge in [-0.15, -0.1) is 5.10 Å². The molecule has 1 aliphatic carbocycles. The van der Waals surface area contributed by atoms with Gasteiger partial charge in [-0.3, -0.25) is 0 Å². The third-order valence-electron chi connectivity index (χ3n) is 2.62. The summed E-state index contributed by atoms with van der Waals surface area (Å²) < 4.78 is 1.73. The second-order valence-corrected chi connectivity index (χ2v) is 3.74. The van der Waals surface area contributed by atoms with Crippen LogP contribution in [0.1, 0.15) is 29.2 Å². The zero-order valence-electron chi connectivity index (χ0n) is 7.92. The molecule has 1 fully saturated rings. The first-order valence-electron chi connectivity index (χ1n) is 4.84. The molecule has 76 valence electrons. The van der Waals surface area contributed by atoms with Crippen LogP contribution in [0.2, 0.25) is 0 Å². The van der Waals surface area contributed by atoms with Gasteiger partial charge in [-0.05, 0) is 25.0 Å². The molecule has 0 unspecified atom stereocenters. The van der Waals surface area contributed by atoms with E-state index in [0.29, 0.717) is 17.1 Å². The maximum Gasteiger partial charge on any atom is 0.337 e. The molecule has 1 saturated carbocycles. The maximum atomic E-state index is 11.0. The van der Waals surface area contributed by atoms with Crippen LogP contribution in [0.4, 0.5) is 0 Å². The number of hydrogen-bond acceptors (Lipinski definition) is 3. The predicted octanol–water partition coefficient (Wildman–Crippen LogP) is 1.46. The Morgan fingerprint density at radius 2 is 2.27 bits per heavy atom. The minimum atomic E-state index is -0.926. The molecule has 0 saturated heterocycles. The highest BCUT2D eigenvalue weighted by Crippen LogP contribution is 2.36. The van der Waals surface area contributed by atoms with E-state index in [1.165, 1.54) is 0 Å². The number of benzene rings is 1. The van der Waals surface area contributed by atoms with E-state index in [9.17, 15) is 4.79 Å². The first-order valence-corrected chi connectivity index (χ1v) is 4.84. The molecule has 15 heavy (non-hydrogen) atoms. The standard InChI is InChI=1S/C10H9N3O2/c14-10(15)7-2-1-3-8-9(7)13(12-11-8)6-4-5-6/h1-3,6H,4-5H2,(H,14,15). The number of nitrogens with zero attached hydrogens (tertiary/aromatic N) is 3. The largest absolute Gasteiger partial charge is 0.478 e. The number of carboxylic acids is 1. The molecule has 1 aliphatic rings. The molecule has 1 N–H and O–H groups in total. The summed E-state index contributed by atoms with van der Waals surface area (Å²) in [6.07, 6.45) is 2.12. The zero-order chi connectivity index (χ0) is 10.4. The quantitative estimate of drug-likeness (QED) is 0.802. The fourth-order valence-corrected chi connectivity index (χ4v) is 1.74. The van der Waals surface area contributed by atoms with Gasteiger partial charge in [0.1, 0.15) is 11.0 Å². The van der Waals surface area contributed by atoms with Crippen molar-refractivity contribution in [3.05, 3.63) is 23.8 Å². The molecule has 3 rings (SSSR count). The van der Waals surface area contributed by atoms with Crippen LogP contribution in [0.5, 0.6) is 0 Å². The van der Waals surface area contributed by atoms with Crippen LogP contribution < -0.4 is 0 Å². The Morgan fingerprint density at radius 3 is 2.93 bits per heavy atom. The zero-order valence-corrected chi connectivity index (χ0v) is 7.92. The van der Waals surface area contributed by atoms with Gasteiger partial charge < -0.3 is 5.11 Å². The van der Waals surface area contributed by atoms with Crippen molar-refractivity contribution in [1.82, 2.24) is 15.0 Å². The molecular formula is C10H9N3O2. The molecule has 5 heteroatoms. The van der Waals surface area contributed by atoms with Crippen molar-refractivity contribution < 1.29 is 9.90 Å². The van der Waals surface area contributed by atoms with E-state index in [2.05, 4.69) is 10.3 Å². The lowest BCUT2D eigenvalue weighted by molar-refractivity contribution is 0.0698. The number of para-hydroxylation sites is 1. The Bertz CT molecular complexity index is 543. The molecule has 0 aliphatic heterocycles. The van der Waals surface area contributed by atoms with Gasteiger partial charge in [0.25, 0.3) is 0 Å². The van der Waals surface area contributed by atoms with Gasteiger partial charge in [0.15, 0.2) is 0 Å². The van der Waals surface area contributed by atoms with Crippen molar-refractivity contribution in [2.45, 2.75) is 18.9 Å². The van der Waals surface area contributed by atoms with E-state index in [0.717, 1.165) is 12.8 Å². The van der Waals surface area contributed by atoms with E-state index in [-0.39, 0.29) is 5.56 Å². The Hall–Kier alpha value is -1.91. The summed E-state index contributed by atoms with van der Waals surface area (Å²) in [6.45, 7) is 0. The SMILES string of the molecule is O=C(O)c1cccc2nnn(C3CC3)c12. The Morgan fingerprint density at radius 1 is 1.47 bits per heavy atom. The highest BCUT2D eigenvalue weighted by atomic mass is 16.4. The molecule has 1 aromatic heterocycles. The van der Waals surface area contributed by atoms with Crippen molar-refractivity contribution in [2.24, 2.45) is 0 Å². The normalized spacial score (nSPS) is 15.7. The highest BCUT2D eigenvalue weighted by Gasteiger charge is 2.28. The number of carbonyl (C=O) groups is 1. The first-order chi connectivity index (χ1) is 7.27. The second kappa shape index (κ2) is 2.79. The molecule has 1 aromatic carbocycles. The van der Waals surface area contributed by atoms with Crippen molar-refractivity contribution >= 4 is 17.0 Å². The molecule has 5 nitrogen and oxygen atoms in total. The van der Waals surface area contributed by atoms with E-state index < -0.39 is 5.97 Å². The predicted molar refractivity (Wildman–Crippen MR) is 52.8 cm³/mol. The average molecular weight is 203 g/mol. The number of hydrogen-bond donors (Lipinski definition) is 1. The van der Waals surface area contributed by atoms with E-state index in [1.54, 1.807) is 22.9 Å². The summed E-state index contributed by atoms with van der Waals surface area (Å²) in [6, 6.07) is 5.41. The van der Waals surface area contributed by atoms with Crippen molar-refractivity contribution in [3.63, 3.8) is 0 Å². The summed E-state index contributed by atoms with van der Waals surface area (Å²) >= 11 is 0. The van der Waals surface area contributed by atoms with Crippen LogP contribution in [0.15, 0.2) is 18.2 Å². The molecular weight excluding hydrogens is 194 g/mol. The van der Waals surface area contributed by atoms with E-state index in [4.69, 9.17) is 5.11 Å². The number of aromatic carboxylic acids is 1. The van der Waals surface area contributed by atoms with Crippen molar-refractivity contribution in [1.29, 1.82) is 0 Å². The summed E-state index contributed by atoms with van der Waals surface area (Å²) in [7, 11) is 0. The molecule has 2 aromatic rings. The molecule has 0 radical (unpaired) electrons. The monoisotopic (exact) mass is 203 g/mol. The van der Waals surface area contributed by atoms with Crippen LogP contribution in [-0.2, 0) is 0 Å². The van der Waals surface area contributed by atoms with Gasteiger partial charge in [-0.25, -0.2) is 9.48 Å². The lowest BCUT2D eigenvalue weighted by Gasteiger charge is -2.01. The molecule has 0 bridgehead atoms. The Kier molecular flexibility index (Phi) is 1.56. The van der Waals surface area contributed by atoms with Gasteiger partial charge in [0.2, 0.25) is 0 Å². The minimum absolute atomic E-state index is 0.282. The molecule has 1 heterocycles. The summed E-state index contributed by atoms with van der Waals surface area (Å²) in [5.74, 6) is -0.926. The second-order valence-electron chi connectivity index (χ2n) is 3.74.